The largest absolute Gasteiger partial charge is 0.331 e. The van der Waals surface area contributed by atoms with Gasteiger partial charge in [0.1, 0.15) is 0 Å². The lowest BCUT2D eigenvalue weighted by Gasteiger charge is -2.35. The summed E-state index contributed by atoms with van der Waals surface area (Å²) >= 11 is 0. The maximum atomic E-state index is 3.98. The summed E-state index contributed by atoms with van der Waals surface area (Å²) in [4.78, 5) is 2.53. The van der Waals surface area contributed by atoms with Crippen LogP contribution in [0.3, 0.4) is 0 Å². The molecule has 0 aliphatic heterocycles. The van der Waals surface area contributed by atoms with Crippen molar-refractivity contribution < 1.29 is 0 Å². The van der Waals surface area contributed by atoms with E-state index >= 15 is 0 Å². The third-order valence-corrected chi connectivity index (χ3v) is 6.22. The van der Waals surface area contributed by atoms with Crippen LogP contribution >= 0.6 is 0 Å². The highest BCUT2D eigenvalue weighted by molar-refractivity contribution is 5.79. The van der Waals surface area contributed by atoms with Crippen molar-refractivity contribution in [2.75, 3.05) is 4.90 Å². The maximum absolute atomic E-state index is 3.98. The van der Waals surface area contributed by atoms with Gasteiger partial charge in [0.15, 0.2) is 0 Å². The highest BCUT2D eigenvalue weighted by Crippen LogP contribution is 2.62. The molecule has 0 saturated heterocycles. The van der Waals surface area contributed by atoms with Gasteiger partial charge < -0.3 is 4.90 Å². The number of allylic oxidation sites excluding steroid dienone is 1. The van der Waals surface area contributed by atoms with Gasteiger partial charge >= 0.3 is 0 Å². The number of benzene rings is 3. The van der Waals surface area contributed by atoms with Crippen LogP contribution in [0.5, 0.6) is 0 Å². The summed E-state index contributed by atoms with van der Waals surface area (Å²) in [5.41, 5.74) is 7.64. The summed E-state index contributed by atoms with van der Waals surface area (Å²) < 4.78 is 0. The summed E-state index contributed by atoms with van der Waals surface area (Å²) in [7, 11) is 0. The second-order valence-electron chi connectivity index (χ2n) is 7.90. The molecule has 0 aromatic heterocycles. The van der Waals surface area contributed by atoms with E-state index in [1.54, 1.807) is 0 Å². The average molecular weight is 376 g/mol. The van der Waals surface area contributed by atoms with Crippen LogP contribution in [0.4, 0.5) is 11.4 Å². The Balaban J connectivity index is 1.66. The molecule has 2 aliphatic carbocycles. The van der Waals surface area contributed by atoms with E-state index in [1.165, 1.54) is 28.1 Å². The normalized spacial score (nSPS) is 21.5. The average Bonchev–Trinajstić information content (AvgIpc) is 3.51. The van der Waals surface area contributed by atoms with Crippen molar-refractivity contribution in [3.63, 3.8) is 0 Å². The van der Waals surface area contributed by atoms with Gasteiger partial charge in [-0.1, -0.05) is 85.5 Å². The second-order valence-corrected chi connectivity index (χ2v) is 7.90. The molecule has 0 heterocycles. The molecule has 1 saturated carbocycles. The zero-order valence-electron chi connectivity index (χ0n) is 16.8. The van der Waals surface area contributed by atoms with E-state index in [2.05, 4.69) is 116 Å². The molecule has 2 atom stereocenters. The second kappa shape index (κ2) is 6.93. The number of hydrogen-bond donors (Lipinski definition) is 0. The first kappa shape index (κ1) is 17.8. The van der Waals surface area contributed by atoms with Gasteiger partial charge in [0.25, 0.3) is 0 Å². The van der Waals surface area contributed by atoms with Crippen molar-refractivity contribution in [2.24, 2.45) is 0 Å². The number of anilines is 2. The van der Waals surface area contributed by atoms with E-state index in [1.807, 2.05) is 6.08 Å². The predicted molar refractivity (Wildman–Crippen MR) is 125 cm³/mol. The molecular formula is C28H25N. The Labute approximate surface area is 173 Å². The zero-order valence-corrected chi connectivity index (χ0v) is 16.8. The number of nitrogens with zero attached hydrogens (tertiary/aromatic N) is 1. The molecule has 29 heavy (non-hydrogen) atoms. The molecule has 5 rings (SSSR count). The third kappa shape index (κ3) is 2.86. The van der Waals surface area contributed by atoms with Crippen molar-refractivity contribution >= 4 is 29.6 Å². The number of hydrogen-bond acceptors (Lipinski definition) is 1. The van der Waals surface area contributed by atoms with Gasteiger partial charge in [-0.25, -0.2) is 0 Å². The fourth-order valence-electron chi connectivity index (χ4n) is 4.79. The van der Waals surface area contributed by atoms with E-state index in [9.17, 15) is 0 Å². The lowest BCUT2D eigenvalue weighted by atomic mass is 9.92. The molecular weight excluding hydrogens is 350 g/mol. The smallest absolute Gasteiger partial charge is 0.0713 e. The van der Waals surface area contributed by atoms with E-state index in [0.29, 0.717) is 5.92 Å². The van der Waals surface area contributed by atoms with Crippen LogP contribution < -0.4 is 4.90 Å². The lowest BCUT2D eigenvalue weighted by Crippen LogP contribution is -2.34. The predicted octanol–water partition coefficient (Wildman–Crippen LogP) is 7.45. The Morgan fingerprint density at radius 3 is 2.52 bits per heavy atom. The van der Waals surface area contributed by atoms with Crippen LogP contribution in [-0.4, -0.2) is 5.54 Å². The third-order valence-electron chi connectivity index (χ3n) is 6.22. The standard InChI is InChI=1S/C28H25N/c1-3-10-23-19-25(16-15-21(23)4-2)29(24-12-6-5-7-13-24)28-18-17-22-11-8-9-14-26(22)27(28)20-28/h3-19,27H,2,20H2,1H3/b10-3-. The minimum absolute atomic E-state index is 0.00139. The van der Waals surface area contributed by atoms with Crippen LogP contribution in [0.15, 0.2) is 91.5 Å². The summed E-state index contributed by atoms with van der Waals surface area (Å²) in [6.45, 7) is 6.05. The van der Waals surface area contributed by atoms with E-state index in [-0.39, 0.29) is 5.54 Å². The fraction of sp³-hybridized carbons (Fsp3) is 0.143. The minimum atomic E-state index is -0.00139. The Hall–Kier alpha value is -3.32. The molecule has 142 valence electrons. The Morgan fingerprint density at radius 1 is 0.931 bits per heavy atom. The Kier molecular flexibility index (Phi) is 4.24. The first-order valence-corrected chi connectivity index (χ1v) is 10.3. The maximum Gasteiger partial charge on any atom is 0.0713 e. The van der Waals surface area contributed by atoms with Crippen molar-refractivity contribution in [1.82, 2.24) is 0 Å². The van der Waals surface area contributed by atoms with Crippen LogP contribution in [0.2, 0.25) is 0 Å². The highest BCUT2D eigenvalue weighted by Gasteiger charge is 2.59. The first-order chi connectivity index (χ1) is 14.3. The fourth-order valence-corrected chi connectivity index (χ4v) is 4.79. The monoisotopic (exact) mass is 375 g/mol. The van der Waals surface area contributed by atoms with E-state index in [0.717, 1.165) is 12.0 Å². The molecule has 0 bridgehead atoms. The van der Waals surface area contributed by atoms with E-state index < -0.39 is 0 Å². The van der Waals surface area contributed by atoms with E-state index in [4.69, 9.17) is 0 Å². The molecule has 1 heteroatoms. The van der Waals surface area contributed by atoms with Crippen LogP contribution in [0.1, 0.15) is 41.5 Å². The molecule has 0 amide bonds. The molecule has 2 aliphatic rings. The van der Waals surface area contributed by atoms with Crippen molar-refractivity contribution in [2.45, 2.75) is 24.8 Å². The molecule has 3 aromatic rings. The van der Waals surface area contributed by atoms with Crippen LogP contribution in [-0.2, 0) is 0 Å². The highest BCUT2D eigenvalue weighted by atomic mass is 15.2. The van der Waals surface area contributed by atoms with Crippen molar-refractivity contribution in [3.8, 4) is 0 Å². The van der Waals surface area contributed by atoms with Crippen LogP contribution in [0, 0.1) is 0 Å². The Morgan fingerprint density at radius 2 is 1.72 bits per heavy atom. The summed E-state index contributed by atoms with van der Waals surface area (Å²) in [5.74, 6) is 0.521. The summed E-state index contributed by atoms with van der Waals surface area (Å²) in [6, 6.07) is 26.3. The molecule has 0 radical (unpaired) electrons. The topological polar surface area (TPSA) is 3.24 Å². The summed E-state index contributed by atoms with van der Waals surface area (Å²) in [5, 5.41) is 0. The van der Waals surface area contributed by atoms with Gasteiger partial charge in [-0.05, 0) is 59.9 Å². The molecule has 1 fully saturated rings. The molecule has 0 N–H and O–H groups in total. The van der Waals surface area contributed by atoms with Gasteiger partial charge in [-0.3, -0.25) is 0 Å². The summed E-state index contributed by atoms with van der Waals surface area (Å²) in [6.07, 6.45) is 12.0. The first-order valence-electron chi connectivity index (χ1n) is 10.3. The van der Waals surface area contributed by atoms with Crippen LogP contribution in [0.25, 0.3) is 18.2 Å². The zero-order chi connectivity index (χ0) is 19.8. The van der Waals surface area contributed by atoms with Crippen molar-refractivity contribution in [3.05, 3.63) is 114 Å². The minimum Gasteiger partial charge on any atom is -0.331 e. The lowest BCUT2D eigenvalue weighted by molar-refractivity contribution is 0.764. The Bertz CT molecular complexity index is 1120. The number of para-hydroxylation sites is 1. The number of fused-ring (bicyclic) bond motifs is 3. The van der Waals surface area contributed by atoms with Gasteiger partial charge in [0, 0.05) is 17.3 Å². The molecule has 0 spiro atoms. The molecule has 3 aromatic carbocycles. The van der Waals surface area contributed by atoms with Crippen molar-refractivity contribution in [1.29, 1.82) is 0 Å². The van der Waals surface area contributed by atoms with Gasteiger partial charge in [-0.15, -0.1) is 0 Å². The van der Waals surface area contributed by atoms with Gasteiger partial charge in [0.05, 0.1) is 5.54 Å². The van der Waals surface area contributed by atoms with Gasteiger partial charge in [-0.2, -0.15) is 0 Å². The quantitative estimate of drug-likeness (QED) is 0.447. The SMILES string of the molecule is C=Cc1ccc(N(c2ccccc2)C23C=Cc4ccccc4C2C3)cc1/C=C\C. The number of rotatable bonds is 5. The molecule has 2 unspecified atom stereocenters. The molecule has 1 nitrogen and oxygen atoms in total. The van der Waals surface area contributed by atoms with Gasteiger partial charge in [0.2, 0.25) is 0 Å².